The Balaban J connectivity index is 1.07. The van der Waals surface area contributed by atoms with Crippen LogP contribution in [0.5, 0.6) is 0 Å². The monoisotopic (exact) mass is 673 g/mol. The molecule has 6 heteroatoms. The molecule has 4 heterocycles. The van der Waals surface area contributed by atoms with E-state index in [0.29, 0.717) is 6.54 Å². The number of hydrogen-bond donors (Lipinski definition) is 1. The Morgan fingerprint density at radius 3 is 2.10 bits per heavy atom. The van der Waals surface area contributed by atoms with Crippen LogP contribution in [0.25, 0.3) is 92.4 Å². The summed E-state index contributed by atoms with van der Waals surface area (Å²) in [6, 6.07) is 56.0. The first-order chi connectivity index (χ1) is 25.3. The average Bonchev–Trinajstić information content (AvgIpc) is 3.95. The molecule has 4 aromatic heterocycles. The fraction of sp³-hybridized carbons (Fsp3) is 0.0222. The van der Waals surface area contributed by atoms with Crippen LogP contribution in [-0.2, 0) is 6.54 Å². The van der Waals surface area contributed by atoms with Crippen LogP contribution in [0.4, 0.5) is 0 Å². The van der Waals surface area contributed by atoms with Gasteiger partial charge in [0.25, 0.3) is 0 Å². The maximum absolute atomic E-state index is 6.55. The van der Waals surface area contributed by atoms with E-state index in [9.17, 15) is 0 Å². The first-order valence-electron chi connectivity index (χ1n) is 17.2. The van der Waals surface area contributed by atoms with Crippen LogP contribution in [0.15, 0.2) is 162 Å². The molecule has 0 atom stereocenters. The Labute approximate surface area is 296 Å². The van der Waals surface area contributed by atoms with Crippen LogP contribution in [-0.4, -0.2) is 14.6 Å². The standard InChI is InChI=1S/C45H28N4OS/c1-2-11-28(12-3-1)27-48-44(46-45(47-48)49-37-17-7-4-13-32(37)33-14-5-8-18-38(33)49)30-21-23-34-36-25-29(22-24-39(36)50-40(34)26-30)31-16-10-20-42-43(31)35-15-6-9-19-41(35)51-42/h1-26H,27H2/p+1. The number of thiophene rings is 1. The zero-order chi connectivity index (χ0) is 33.5. The van der Waals surface area contributed by atoms with Crippen molar-refractivity contribution in [3.63, 3.8) is 0 Å². The molecule has 0 aliphatic rings. The highest BCUT2D eigenvalue weighted by Gasteiger charge is 2.26. The van der Waals surface area contributed by atoms with Crippen molar-refractivity contribution in [1.29, 1.82) is 0 Å². The molecular formula is C45H29N4OS+. The number of furan rings is 1. The lowest BCUT2D eigenvalue weighted by Gasteiger charge is -2.05. The minimum atomic E-state index is 0.643. The zero-order valence-corrected chi connectivity index (χ0v) is 28.2. The number of hydrogen-bond acceptors (Lipinski definition) is 3. The Bertz CT molecular complexity index is 3070. The van der Waals surface area contributed by atoms with Crippen molar-refractivity contribution < 1.29 is 9.10 Å². The van der Waals surface area contributed by atoms with Gasteiger partial charge < -0.3 is 4.42 Å². The average molecular weight is 674 g/mol. The highest BCUT2D eigenvalue weighted by Crippen LogP contribution is 2.42. The van der Waals surface area contributed by atoms with Gasteiger partial charge in [-0.1, -0.05) is 103 Å². The largest absolute Gasteiger partial charge is 0.456 e. The molecule has 11 rings (SSSR count). The van der Waals surface area contributed by atoms with E-state index in [1.165, 1.54) is 47.6 Å². The molecule has 0 bridgehead atoms. The smallest absolute Gasteiger partial charge is 0.359 e. The second-order valence-electron chi connectivity index (χ2n) is 13.1. The predicted molar refractivity (Wildman–Crippen MR) is 210 cm³/mol. The van der Waals surface area contributed by atoms with E-state index in [1.54, 1.807) is 0 Å². The van der Waals surface area contributed by atoms with Crippen molar-refractivity contribution in [1.82, 2.24) is 14.6 Å². The zero-order valence-electron chi connectivity index (χ0n) is 27.4. The van der Waals surface area contributed by atoms with Gasteiger partial charge in [0.2, 0.25) is 0 Å². The topological polar surface area (TPSA) is 50.6 Å². The van der Waals surface area contributed by atoms with Gasteiger partial charge in [-0.15, -0.1) is 16.0 Å². The van der Waals surface area contributed by atoms with E-state index in [4.69, 9.17) is 9.40 Å². The Hall–Kier alpha value is -6.50. The molecule has 7 aromatic carbocycles. The van der Waals surface area contributed by atoms with Crippen molar-refractivity contribution in [3.05, 3.63) is 163 Å². The fourth-order valence-electron chi connectivity index (χ4n) is 7.81. The number of aromatic nitrogens is 4. The second kappa shape index (κ2) is 11.0. The number of rotatable bonds is 5. The Morgan fingerprint density at radius 2 is 1.27 bits per heavy atom. The highest BCUT2D eigenvalue weighted by molar-refractivity contribution is 7.25. The van der Waals surface area contributed by atoms with E-state index in [2.05, 4.69) is 172 Å². The third-order valence-electron chi connectivity index (χ3n) is 10.1. The summed E-state index contributed by atoms with van der Waals surface area (Å²) in [4.78, 5) is 5.31. The van der Waals surface area contributed by atoms with Crippen LogP contribution < -0.4 is 4.68 Å². The number of nitrogens with zero attached hydrogens (tertiary/aromatic N) is 3. The number of para-hydroxylation sites is 2. The molecule has 0 aliphatic carbocycles. The van der Waals surface area contributed by atoms with E-state index < -0.39 is 0 Å². The number of benzene rings is 7. The highest BCUT2D eigenvalue weighted by atomic mass is 32.1. The fourth-order valence-corrected chi connectivity index (χ4v) is 8.94. The van der Waals surface area contributed by atoms with Crippen LogP contribution in [0.2, 0.25) is 0 Å². The van der Waals surface area contributed by atoms with Crippen molar-refractivity contribution in [2.75, 3.05) is 0 Å². The number of fused-ring (bicyclic) bond motifs is 9. The van der Waals surface area contributed by atoms with E-state index in [0.717, 1.165) is 50.3 Å². The minimum Gasteiger partial charge on any atom is -0.456 e. The van der Waals surface area contributed by atoms with Crippen LogP contribution in [0.3, 0.4) is 0 Å². The quantitative estimate of drug-likeness (QED) is 0.185. The van der Waals surface area contributed by atoms with Gasteiger partial charge in [-0.25, -0.2) is 0 Å². The summed E-state index contributed by atoms with van der Waals surface area (Å²) in [7, 11) is 0. The van der Waals surface area contributed by atoms with Gasteiger partial charge in [-0.3, -0.25) is 4.57 Å². The van der Waals surface area contributed by atoms with Crippen molar-refractivity contribution in [2.45, 2.75) is 6.54 Å². The third-order valence-corrected chi connectivity index (χ3v) is 11.3. The number of H-pyrrole nitrogens is 1. The van der Waals surface area contributed by atoms with Crippen molar-refractivity contribution in [3.8, 4) is 28.5 Å². The van der Waals surface area contributed by atoms with Gasteiger partial charge in [0.1, 0.15) is 17.7 Å². The van der Waals surface area contributed by atoms with Gasteiger partial charge in [0.05, 0.1) is 16.6 Å². The molecule has 51 heavy (non-hydrogen) atoms. The summed E-state index contributed by atoms with van der Waals surface area (Å²) in [5.74, 6) is 1.61. The summed E-state index contributed by atoms with van der Waals surface area (Å²) in [6.07, 6.45) is 0. The molecule has 0 aliphatic heterocycles. The van der Waals surface area contributed by atoms with Crippen LogP contribution in [0.1, 0.15) is 5.56 Å². The molecule has 240 valence electrons. The molecule has 0 saturated heterocycles. The lowest BCUT2D eigenvalue weighted by Crippen LogP contribution is -2.38. The second-order valence-corrected chi connectivity index (χ2v) is 14.2. The van der Waals surface area contributed by atoms with Gasteiger partial charge >= 0.3 is 11.8 Å². The van der Waals surface area contributed by atoms with Crippen molar-refractivity contribution >= 4 is 75.3 Å². The first kappa shape index (κ1) is 28.3. The van der Waals surface area contributed by atoms with E-state index >= 15 is 0 Å². The summed E-state index contributed by atoms with van der Waals surface area (Å²) in [5, 5.41) is 10.9. The van der Waals surface area contributed by atoms with Crippen molar-refractivity contribution in [2.24, 2.45) is 0 Å². The van der Waals surface area contributed by atoms with E-state index in [1.807, 2.05) is 11.3 Å². The normalized spacial score (nSPS) is 12.0. The van der Waals surface area contributed by atoms with Gasteiger partial charge in [-0.2, -0.15) is 5.10 Å². The minimum absolute atomic E-state index is 0.643. The third kappa shape index (κ3) is 4.40. The lowest BCUT2D eigenvalue weighted by molar-refractivity contribution is -0.732. The summed E-state index contributed by atoms with van der Waals surface area (Å²) in [5.41, 5.74) is 8.54. The molecule has 5 nitrogen and oxygen atoms in total. The van der Waals surface area contributed by atoms with Crippen LogP contribution >= 0.6 is 11.3 Å². The summed E-state index contributed by atoms with van der Waals surface area (Å²) in [6.45, 7) is 0.643. The molecule has 0 spiro atoms. The molecular weight excluding hydrogens is 645 g/mol. The molecule has 0 fully saturated rings. The molecule has 0 radical (unpaired) electrons. The molecule has 0 amide bonds. The summed E-state index contributed by atoms with van der Waals surface area (Å²) >= 11 is 1.85. The number of nitrogens with one attached hydrogen (secondary N) is 1. The molecule has 0 saturated carbocycles. The maximum atomic E-state index is 6.55. The SMILES string of the molecule is c1ccc(C[n+]2[nH]c(-n3c4ccccc4c4ccccc43)nc2-c2ccc3c(c2)oc2ccc(-c4cccc5sc6ccccc6c45)cc23)cc1. The molecule has 1 N–H and O–H groups in total. The van der Waals surface area contributed by atoms with Gasteiger partial charge in [0.15, 0.2) is 0 Å². The Kier molecular flexibility index (Phi) is 6.12. The van der Waals surface area contributed by atoms with E-state index in [-0.39, 0.29) is 0 Å². The first-order valence-corrected chi connectivity index (χ1v) is 18.0. The maximum Gasteiger partial charge on any atom is 0.359 e. The molecule has 0 unspecified atom stereocenters. The summed E-state index contributed by atoms with van der Waals surface area (Å²) < 4.78 is 13.5. The Morgan fingerprint density at radius 1 is 0.569 bits per heavy atom. The van der Waals surface area contributed by atoms with Gasteiger partial charge in [-0.05, 0) is 71.3 Å². The van der Waals surface area contributed by atoms with Crippen LogP contribution in [0, 0.1) is 0 Å². The molecule has 11 aromatic rings. The predicted octanol–water partition coefficient (Wildman–Crippen LogP) is 11.4. The van der Waals surface area contributed by atoms with Gasteiger partial charge in [0, 0.05) is 46.7 Å². The lowest BCUT2D eigenvalue weighted by atomic mass is 9.98. The number of aromatic amines is 1.